The number of anilines is 1. The van der Waals surface area contributed by atoms with Gasteiger partial charge in [-0.2, -0.15) is 11.8 Å². The number of aryl methyl sites for hydroxylation is 1. The van der Waals surface area contributed by atoms with E-state index >= 15 is 0 Å². The van der Waals surface area contributed by atoms with Crippen LogP contribution in [0.1, 0.15) is 38.4 Å². The second-order valence-corrected chi connectivity index (χ2v) is 5.93. The van der Waals surface area contributed by atoms with Gasteiger partial charge in [0.05, 0.1) is 5.69 Å². The van der Waals surface area contributed by atoms with Gasteiger partial charge in [-0.1, -0.05) is 0 Å². The topological polar surface area (TPSA) is 29.9 Å². The van der Waals surface area contributed by atoms with Gasteiger partial charge in [0.1, 0.15) is 0 Å². The first-order chi connectivity index (χ1) is 7.66. The van der Waals surface area contributed by atoms with Crippen molar-refractivity contribution in [2.45, 2.75) is 45.7 Å². The second kappa shape index (κ2) is 5.13. The largest absolute Gasteiger partial charge is 0.353 e. The minimum absolute atomic E-state index is 0.441. The van der Waals surface area contributed by atoms with Gasteiger partial charge in [0.25, 0.3) is 0 Å². The highest BCUT2D eigenvalue weighted by molar-refractivity contribution is 7.99. The lowest BCUT2D eigenvalue weighted by Crippen LogP contribution is -2.20. The van der Waals surface area contributed by atoms with Gasteiger partial charge in [-0.15, -0.1) is 0 Å². The highest BCUT2D eigenvalue weighted by Gasteiger charge is 2.19. The molecule has 1 fully saturated rings. The highest BCUT2D eigenvalue weighted by atomic mass is 32.2. The van der Waals surface area contributed by atoms with E-state index in [1.807, 2.05) is 0 Å². The summed E-state index contributed by atoms with van der Waals surface area (Å²) >= 11 is 2.06. The molecule has 1 aliphatic heterocycles. The van der Waals surface area contributed by atoms with Crippen LogP contribution in [0, 0.1) is 6.92 Å². The SMILES string of the molecule is Cc1cn(C2CCCSC2)c(NC(C)C)n1. The Morgan fingerprint density at radius 1 is 1.56 bits per heavy atom. The third-order valence-electron chi connectivity index (χ3n) is 2.80. The van der Waals surface area contributed by atoms with Gasteiger partial charge < -0.3 is 9.88 Å². The fourth-order valence-electron chi connectivity index (χ4n) is 2.10. The number of nitrogens with zero attached hydrogens (tertiary/aromatic N) is 2. The number of hydrogen-bond acceptors (Lipinski definition) is 3. The zero-order chi connectivity index (χ0) is 11.5. The lowest BCUT2D eigenvalue weighted by Gasteiger charge is -2.25. The molecule has 1 aliphatic rings. The van der Waals surface area contributed by atoms with Gasteiger partial charge in [0, 0.05) is 24.0 Å². The summed E-state index contributed by atoms with van der Waals surface area (Å²) in [6, 6.07) is 1.07. The van der Waals surface area contributed by atoms with E-state index in [4.69, 9.17) is 0 Å². The summed E-state index contributed by atoms with van der Waals surface area (Å²) in [5.41, 5.74) is 1.11. The van der Waals surface area contributed by atoms with Crippen LogP contribution in [0.25, 0.3) is 0 Å². The minimum Gasteiger partial charge on any atom is -0.353 e. The number of rotatable bonds is 3. The normalized spacial score (nSPS) is 21.4. The summed E-state index contributed by atoms with van der Waals surface area (Å²) in [6.07, 6.45) is 4.80. The van der Waals surface area contributed by atoms with Gasteiger partial charge in [-0.25, -0.2) is 4.98 Å². The molecule has 1 unspecified atom stereocenters. The Balaban J connectivity index is 2.17. The zero-order valence-electron chi connectivity index (χ0n) is 10.4. The lowest BCUT2D eigenvalue weighted by atomic mass is 10.2. The van der Waals surface area contributed by atoms with Crippen molar-refractivity contribution in [3.05, 3.63) is 11.9 Å². The van der Waals surface area contributed by atoms with Gasteiger partial charge in [0.15, 0.2) is 0 Å². The molecule has 0 radical (unpaired) electrons. The van der Waals surface area contributed by atoms with Crippen LogP contribution in [0.5, 0.6) is 0 Å². The molecule has 4 heteroatoms. The van der Waals surface area contributed by atoms with Crippen LogP contribution in [0.3, 0.4) is 0 Å². The Hall–Kier alpha value is -0.640. The molecule has 1 aromatic heterocycles. The summed E-state index contributed by atoms with van der Waals surface area (Å²) in [4.78, 5) is 4.57. The predicted molar refractivity (Wildman–Crippen MR) is 71.3 cm³/mol. The number of aromatic nitrogens is 2. The average Bonchev–Trinajstić information content (AvgIpc) is 2.60. The van der Waals surface area contributed by atoms with Crippen molar-refractivity contribution in [2.75, 3.05) is 16.8 Å². The van der Waals surface area contributed by atoms with Crippen LogP contribution in [0.4, 0.5) is 5.95 Å². The van der Waals surface area contributed by atoms with Crippen molar-refractivity contribution in [1.29, 1.82) is 0 Å². The summed E-state index contributed by atoms with van der Waals surface area (Å²) in [6.45, 7) is 6.38. The number of imidazole rings is 1. The molecule has 0 amide bonds. The Labute approximate surface area is 102 Å². The molecule has 0 aliphatic carbocycles. The average molecular weight is 239 g/mol. The summed E-state index contributed by atoms with van der Waals surface area (Å²) in [7, 11) is 0. The minimum atomic E-state index is 0.441. The highest BCUT2D eigenvalue weighted by Crippen LogP contribution is 2.29. The van der Waals surface area contributed by atoms with E-state index in [2.05, 4.69) is 53.6 Å². The molecule has 0 spiro atoms. The van der Waals surface area contributed by atoms with Crippen molar-refractivity contribution >= 4 is 17.7 Å². The van der Waals surface area contributed by atoms with Crippen LogP contribution in [0.2, 0.25) is 0 Å². The Morgan fingerprint density at radius 3 is 3.00 bits per heavy atom. The lowest BCUT2D eigenvalue weighted by molar-refractivity contribution is 0.502. The van der Waals surface area contributed by atoms with Crippen LogP contribution >= 0.6 is 11.8 Å². The maximum absolute atomic E-state index is 4.57. The van der Waals surface area contributed by atoms with Crippen LogP contribution in [-0.2, 0) is 0 Å². The molecular weight excluding hydrogens is 218 g/mol. The monoisotopic (exact) mass is 239 g/mol. The second-order valence-electron chi connectivity index (χ2n) is 4.78. The fourth-order valence-corrected chi connectivity index (χ4v) is 3.24. The van der Waals surface area contributed by atoms with Crippen LogP contribution in [-0.4, -0.2) is 27.1 Å². The molecular formula is C12H21N3S. The van der Waals surface area contributed by atoms with Gasteiger partial charge in [0.2, 0.25) is 5.95 Å². The molecule has 0 saturated carbocycles. The first-order valence-corrected chi connectivity index (χ1v) is 7.22. The molecule has 2 rings (SSSR count). The number of thioether (sulfide) groups is 1. The molecule has 1 saturated heterocycles. The molecule has 0 aromatic carbocycles. The standard InChI is InChI=1S/C12H21N3S/c1-9(2)13-12-14-10(3)7-15(12)11-5-4-6-16-8-11/h7,9,11H,4-6,8H2,1-3H3,(H,13,14). The molecule has 1 aromatic rings. The molecule has 0 bridgehead atoms. The maximum Gasteiger partial charge on any atom is 0.203 e. The van der Waals surface area contributed by atoms with Gasteiger partial charge in [-0.05, 0) is 39.4 Å². The Kier molecular flexibility index (Phi) is 3.79. The predicted octanol–water partition coefficient (Wildman–Crippen LogP) is 3.08. The van der Waals surface area contributed by atoms with Crippen molar-refractivity contribution < 1.29 is 0 Å². The van der Waals surface area contributed by atoms with Gasteiger partial charge >= 0.3 is 0 Å². The van der Waals surface area contributed by atoms with E-state index in [1.165, 1.54) is 24.3 Å². The Bertz CT molecular complexity index is 340. The van der Waals surface area contributed by atoms with E-state index in [0.29, 0.717) is 12.1 Å². The van der Waals surface area contributed by atoms with Gasteiger partial charge in [-0.3, -0.25) is 0 Å². The van der Waals surface area contributed by atoms with Crippen molar-refractivity contribution in [2.24, 2.45) is 0 Å². The third kappa shape index (κ3) is 2.73. The number of hydrogen-bond donors (Lipinski definition) is 1. The third-order valence-corrected chi connectivity index (χ3v) is 4.00. The fraction of sp³-hybridized carbons (Fsp3) is 0.750. The smallest absolute Gasteiger partial charge is 0.203 e. The van der Waals surface area contributed by atoms with Crippen molar-refractivity contribution in [3.8, 4) is 0 Å². The summed E-state index contributed by atoms with van der Waals surface area (Å²) < 4.78 is 2.33. The number of nitrogens with one attached hydrogen (secondary N) is 1. The zero-order valence-corrected chi connectivity index (χ0v) is 11.2. The summed E-state index contributed by atoms with van der Waals surface area (Å²) in [5, 5.41) is 3.43. The van der Waals surface area contributed by atoms with E-state index < -0.39 is 0 Å². The molecule has 90 valence electrons. The van der Waals surface area contributed by atoms with Crippen molar-refractivity contribution in [1.82, 2.24) is 9.55 Å². The van der Waals surface area contributed by atoms with E-state index in [9.17, 15) is 0 Å². The maximum atomic E-state index is 4.57. The molecule has 1 N–H and O–H groups in total. The summed E-state index contributed by atoms with van der Waals surface area (Å²) in [5.74, 6) is 3.58. The quantitative estimate of drug-likeness (QED) is 0.879. The Morgan fingerprint density at radius 2 is 2.38 bits per heavy atom. The van der Waals surface area contributed by atoms with Crippen LogP contribution in [0.15, 0.2) is 6.20 Å². The van der Waals surface area contributed by atoms with E-state index in [1.54, 1.807) is 0 Å². The first-order valence-electron chi connectivity index (χ1n) is 6.06. The molecule has 3 nitrogen and oxygen atoms in total. The van der Waals surface area contributed by atoms with E-state index in [-0.39, 0.29) is 0 Å². The van der Waals surface area contributed by atoms with Crippen LogP contribution < -0.4 is 5.32 Å². The molecule has 2 heterocycles. The first kappa shape index (κ1) is 11.8. The van der Waals surface area contributed by atoms with Crippen molar-refractivity contribution in [3.63, 3.8) is 0 Å². The molecule has 16 heavy (non-hydrogen) atoms. The van der Waals surface area contributed by atoms with E-state index in [0.717, 1.165) is 11.6 Å². The molecule has 1 atom stereocenters.